The van der Waals surface area contributed by atoms with Gasteiger partial charge in [-0.05, 0) is 50.6 Å². The summed E-state index contributed by atoms with van der Waals surface area (Å²) < 4.78 is 48.6. The minimum Gasteiger partial charge on any atom is -0.444 e. The van der Waals surface area contributed by atoms with Crippen molar-refractivity contribution in [2.75, 3.05) is 19.7 Å². The fourth-order valence-corrected chi connectivity index (χ4v) is 2.60. The predicted octanol–water partition coefficient (Wildman–Crippen LogP) is 4.37. The summed E-state index contributed by atoms with van der Waals surface area (Å²) in [5.74, 6) is 5.42. The molecule has 1 saturated heterocycles. The molecule has 0 aromatic heterocycles. The van der Waals surface area contributed by atoms with E-state index in [0.29, 0.717) is 5.56 Å². The third-order valence-electron chi connectivity index (χ3n) is 3.90. The second-order valence-electron chi connectivity index (χ2n) is 7.38. The normalized spacial score (nSPS) is 19.2. The number of nitrogens with zero attached hydrogens (tertiary/aromatic N) is 4. The molecular weight excluding hydrogens is 389 g/mol. The highest BCUT2D eigenvalue weighted by Gasteiger charge is 2.37. The van der Waals surface area contributed by atoms with E-state index in [9.17, 15) is 18.0 Å². The molecule has 7 nitrogen and oxygen atoms in total. The Hall–Kier alpha value is -2.89. The van der Waals surface area contributed by atoms with Gasteiger partial charge < -0.3 is 14.4 Å². The lowest BCUT2D eigenvalue weighted by atomic mass is 10.1. The Morgan fingerprint density at radius 2 is 1.93 bits per heavy atom. The molecule has 1 heterocycles. The molecule has 0 bridgehead atoms. The minimum atomic E-state index is -4.40. The lowest BCUT2D eigenvalue weighted by Crippen LogP contribution is -2.36. The fourth-order valence-electron chi connectivity index (χ4n) is 2.60. The van der Waals surface area contributed by atoms with Crippen molar-refractivity contribution in [1.29, 1.82) is 0 Å². The molecule has 0 saturated carbocycles. The molecule has 1 aliphatic heterocycles. The number of rotatable bonds is 3. The summed E-state index contributed by atoms with van der Waals surface area (Å²) in [6.07, 6.45) is -5.48. The van der Waals surface area contributed by atoms with Crippen LogP contribution in [0.1, 0.15) is 31.9 Å². The van der Waals surface area contributed by atoms with E-state index in [2.05, 4.69) is 21.9 Å². The molecular formula is C19H21F3N4O3. The Balaban J connectivity index is 1.94. The molecule has 0 spiro atoms. The Bertz CT molecular complexity index is 831. The highest BCUT2D eigenvalue weighted by Crippen LogP contribution is 2.29. The van der Waals surface area contributed by atoms with E-state index in [-0.39, 0.29) is 19.7 Å². The Morgan fingerprint density at radius 3 is 2.48 bits per heavy atom. The van der Waals surface area contributed by atoms with Gasteiger partial charge in [0.05, 0.1) is 24.3 Å². The van der Waals surface area contributed by atoms with Gasteiger partial charge in [0, 0.05) is 17.0 Å². The number of carbonyl (C=O) groups is 1. The molecule has 1 aromatic carbocycles. The molecule has 1 fully saturated rings. The van der Waals surface area contributed by atoms with Gasteiger partial charge in [-0.1, -0.05) is 17.0 Å². The van der Waals surface area contributed by atoms with Gasteiger partial charge in [0.25, 0.3) is 0 Å². The van der Waals surface area contributed by atoms with Gasteiger partial charge in [-0.25, -0.2) is 4.79 Å². The molecule has 1 aromatic rings. The smallest absolute Gasteiger partial charge is 0.416 e. The lowest BCUT2D eigenvalue weighted by molar-refractivity contribution is -0.137. The predicted molar refractivity (Wildman–Crippen MR) is 98.8 cm³/mol. The third kappa shape index (κ3) is 6.89. The number of likely N-dealkylation sites (tertiary alicyclic amines) is 1. The number of halogens is 3. The third-order valence-corrected chi connectivity index (χ3v) is 3.90. The monoisotopic (exact) mass is 410 g/mol. The van der Waals surface area contributed by atoms with Crippen molar-refractivity contribution >= 4 is 6.09 Å². The van der Waals surface area contributed by atoms with Crippen LogP contribution in [0.2, 0.25) is 0 Å². The Labute approximate surface area is 166 Å². The molecule has 0 N–H and O–H groups in total. The minimum absolute atomic E-state index is 0.0364. The van der Waals surface area contributed by atoms with Crippen LogP contribution in [0.3, 0.4) is 0 Å². The molecule has 0 radical (unpaired) electrons. The molecule has 0 unspecified atom stereocenters. The SMILES string of the molecule is CC(C)(C)OC(=O)N1C[C@H](N=[N+]=[N-])[C@@H](OCC#Cc2ccc(C(F)(F)F)cc2)C1. The maximum Gasteiger partial charge on any atom is 0.416 e. The van der Waals surface area contributed by atoms with E-state index in [1.165, 1.54) is 17.0 Å². The van der Waals surface area contributed by atoms with Crippen LogP contribution in [0.25, 0.3) is 10.4 Å². The van der Waals surface area contributed by atoms with E-state index in [4.69, 9.17) is 15.0 Å². The number of hydrogen-bond acceptors (Lipinski definition) is 4. The Kier molecular flexibility index (Phi) is 7.01. The average Bonchev–Trinajstić information content (AvgIpc) is 3.00. The second-order valence-corrected chi connectivity index (χ2v) is 7.38. The molecule has 10 heteroatoms. The van der Waals surface area contributed by atoms with Crippen LogP contribution in [0, 0.1) is 11.8 Å². The number of ether oxygens (including phenoxy) is 2. The molecule has 1 aliphatic rings. The van der Waals surface area contributed by atoms with Gasteiger partial charge in [-0.15, -0.1) is 0 Å². The van der Waals surface area contributed by atoms with E-state index < -0.39 is 35.6 Å². The first-order valence-electron chi connectivity index (χ1n) is 8.79. The number of amides is 1. The molecule has 29 heavy (non-hydrogen) atoms. The van der Waals surface area contributed by atoms with Gasteiger partial charge >= 0.3 is 12.3 Å². The van der Waals surface area contributed by atoms with E-state index in [0.717, 1.165) is 12.1 Å². The van der Waals surface area contributed by atoms with E-state index in [1.807, 2.05) is 0 Å². The topological polar surface area (TPSA) is 87.5 Å². The summed E-state index contributed by atoms with van der Waals surface area (Å²) in [6.45, 7) is 5.55. The van der Waals surface area contributed by atoms with Crippen molar-refractivity contribution in [3.05, 3.63) is 45.8 Å². The van der Waals surface area contributed by atoms with Gasteiger partial charge in [0.1, 0.15) is 12.2 Å². The number of alkyl halides is 3. The van der Waals surface area contributed by atoms with Crippen LogP contribution in [-0.4, -0.2) is 48.4 Å². The second kappa shape index (κ2) is 9.07. The molecule has 2 atom stereocenters. The van der Waals surface area contributed by atoms with Crippen LogP contribution >= 0.6 is 0 Å². The highest BCUT2D eigenvalue weighted by molar-refractivity contribution is 5.68. The average molecular weight is 410 g/mol. The van der Waals surface area contributed by atoms with Gasteiger partial charge in [0.2, 0.25) is 0 Å². The summed E-state index contributed by atoms with van der Waals surface area (Å²) in [7, 11) is 0. The van der Waals surface area contributed by atoms with Gasteiger partial charge in [-0.3, -0.25) is 0 Å². The van der Waals surface area contributed by atoms with Crippen molar-refractivity contribution in [2.45, 2.75) is 44.7 Å². The first-order valence-corrected chi connectivity index (χ1v) is 8.79. The first-order chi connectivity index (χ1) is 13.5. The molecule has 0 aliphatic carbocycles. The van der Waals surface area contributed by atoms with Crippen LogP contribution in [-0.2, 0) is 15.7 Å². The molecule has 156 valence electrons. The van der Waals surface area contributed by atoms with Crippen LogP contribution in [0.15, 0.2) is 29.4 Å². The zero-order chi connectivity index (χ0) is 21.7. The zero-order valence-corrected chi connectivity index (χ0v) is 16.2. The number of hydrogen-bond donors (Lipinski definition) is 0. The van der Waals surface area contributed by atoms with Gasteiger partial charge in [0.15, 0.2) is 0 Å². The summed E-state index contributed by atoms with van der Waals surface area (Å²) in [6, 6.07) is 3.88. The summed E-state index contributed by atoms with van der Waals surface area (Å²) in [5.41, 5.74) is 7.73. The highest BCUT2D eigenvalue weighted by atomic mass is 19.4. The number of benzene rings is 1. The van der Waals surface area contributed by atoms with Crippen molar-refractivity contribution in [2.24, 2.45) is 5.11 Å². The van der Waals surface area contributed by atoms with E-state index >= 15 is 0 Å². The lowest BCUT2D eigenvalue weighted by Gasteiger charge is -2.24. The number of carbonyl (C=O) groups excluding carboxylic acids is 1. The number of azide groups is 1. The quantitative estimate of drug-likeness (QED) is 0.321. The largest absolute Gasteiger partial charge is 0.444 e. The Morgan fingerprint density at radius 1 is 1.28 bits per heavy atom. The summed E-state index contributed by atoms with van der Waals surface area (Å²) in [4.78, 5) is 16.4. The summed E-state index contributed by atoms with van der Waals surface area (Å²) in [5, 5.41) is 3.66. The van der Waals surface area contributed by atoms with Crippen LogP contribution < -0.4 is 0 Å². The maximum atomic E-state index is 12.6. The standard InChI is InChI=1S/C19H21F3N4O3/c1-18(2,3)29-17(27)26-11-15(24-25-23)16(12-26)28-10-4-5-13-6-8-14(9-7-13)19(20,21)22/h6-9,15-16H,10-12H2,1-3H3/t15-,16-/m0/s1. The van der Waals surface area contributed by atoms with Crippen molar-refractivity contribution in [3.63, 3.8) is 0 Å². The molecule has 2 rings (SSSR count). The molecule has 1 amide bonds. The summed E-state index contributed by atoms with van der Waals surface area (Å²) >= 11 is 0. The first kappa shape index (κ1) is 22.4. The van der Waals surface area contributed by atoms with Crippen LogP contribution in [0.5, 0.6) is 0 Å². The zero-order valence-electron chi connectivity index (χ0n) is 16.2. The van der Waals surface area contributed by atoms with Crippen LogP contribution in [0.4, 0.5) is 18.0 Å². The van der Waals surface area contributed by atoms with Gasteiger partial charge in [-0.2, -0.15) is 13.2 Å². The van der Waals surface area contributed by atoms with Crippen molar-refractivity contribution < 1.29 is 27.4 Å². The van der Waals surface area contributed by atoms with Crippen molar-refractivity contribution in [3.8, 4) is 11.8 Å². The fraction of sp³-hybridized carbons (Fsp3) is 0.526. The van der Waals surface area contributed by atoms with Crippen molar-refractivity contribution in [1.82, 2.24) is 4.90 Å². The van der Waals surface area contributed by atoms with E-state index in [1.54, 1.807) is 20.8 Å². The maximum absolute atomic E-state index is 12.6.